The van der Waals surface area contributed by atoms with Crippen LogP contribution >= 0.6 is 0 Å². The van der Waals surface area contributed by atoms with Crippen LogP contribution in [0.1, 0.15) is 45.3 Å². The van der Waals surface area contributed by atoms with Gasteiger partial charge in [-0.3, -0.25) is 9.25 Å². The zero-order chi connectivity index (χ0) is 12.6. The zero-order valence-electron chi connectivity index (χ0n) is 11.1. The Hall–Kier alpha value is -1.52. The lowest BCUT2D eigenvalue weighted by Crippen LogP contribution is -2.10. The van der Waals surface area contributed by atoms with Crippen molar-refractivity contribution in [3.05, 3.63) is 5.69 Å². The molecule has 2 N–H and O–H groups in total. The van der Waals surface area contributed by atoms with E-state index in [0.29, 0.717) is 12.0 Å². The van der Waals surface area contributed by atoms with Crippen LogP contribution in [0.5, 0.6) is 0 Å². The zero-order valence-corrected chi connectivity index (χ0v) is 11.1. The number of imidazole rings is 1. The SMILES string of the molecule is CCCc1nn(C)c2c1nc(N)n2C(C)CC. The number of fused-ring (bicyclic) bond motifs is 1. The fourth-order valence-corrected chi connectivity index (χ4v) is 2.24. The number of hydrogen-bond acceptors (Lipinski definition) is 3. The van der Waals surface area contributed by atoms with Crippen molar-refractivity contribution in [2.75, 3.05) is 5.73 Å². The van der Waals surface area contributed by atoms with Gasteiger partial charge in [-0.15, -0.1) is 0 Å². The summed E-state index contributed by atoms with van der Waals surface area (Å²) in [4.78, 5) is 4.48. The number of hydrogen-bond donors (Lipinski definition) is 1. The van der Waals surface area contributed by atoms with Gasteiger partial charge < -0.3 is 5.73 Å². The predicted molar refractivity (Wildman–Crippen MR) is 69.9 cm³/mol. The first-order valence-corrected chi connectivity index (χ1v) is 6.29. The second-order valence-corrected chi connectivity index (χ2v) is 4.59. The quantitative estimate of drug-likeness (QED) is 0.884. The van der Waals surface area contributed by atoms with E-state index in [1.807, 2.05) is 11.7 Å². The minimum Gasteiger partial charge on any atom is -0.369 e. The standard InChI is InChI=1S/C12H21N5/c1-5-7-9-10-11(16(4)15-9)17(8(3)6-2)12(13)14-10/h8H,5-7H2,1-4H3,(H2,13,14). The molecule has 0 amide bonds. The van der Waals surface area contributed by atoms with E-state index in [4.69, 9.17) is 5.73 Å². The molecular weight excluding hydrogens is 214 g/mol. The molecule has 1 unspecified atom stereocenters. The van der Waals surface area contributed by atoms with Crippen LogP contribution in [0.3, 0.4) is 0 Å². The van der Waals surface area contributed by atoms with Gasteiger partial charge in [0.15, 0.2) is 5.65 Å². The molecule has 2 heterocycles. The molecule has 0 aliphatic rings. The molecule has 0 aliphatic heterocycles. The third-order valence-electron chi connectivity index (χ3n) is 3.28. The molecular formula is C12H21N5. The van der Waals surface area contributed by atoms with Crippen LogP contribution in [-0.4, -0.2) is 19.3 Å². The van der Waals surface area contributed by atoms with E-state index in [9.17, 15) is 0 Å². The number of aryl methyl sites for hydroxylation is 2. The largest absolute Gasteiger partial charge is 0.369 e. The monoisotopic (exact) mass is 235 g/mol. The Labute approximate surface area is 102 Å². The summed E-state index contributed by atoms with van der Waals surface area (Å²) >= 11 is 0. The Bertz CT molecular complexity index is 522. The van der Waals surface area contributed by atoms with Gasteiger partial charge in [-0.05, 0) is 19.8 Å². The summed E-state index contributed by atoms with van der Waals surface area (Å²) in [5, 5.41) is 4.54. The van der Waals surface area contributed by atoms with E-state index >= 15 is 0 Å². The third kappa shape index (κ3) is 1.79. The Kier molecular flexibility index (Phi) is 3.09. The topological polar surface area (TPSA) is 61.7 Å². The van der Waals surface area contributed by atoms with Crippen LogP contribution in [0.2, 0.25) is 0 Å². The summed E-state index contributed by atoms with van der Waals surface area (Å²) in [7, 11) is 1.96. The van der Waals surface area contributed by atoms with Crippen LogP contribution in [-0.2, 0) is 13.5 Å². The van der Waals surface area contributed by atoms with E-state index in [2.05, 4.69) is 35.4 Å². The number of nitrogen functional groups attached to an aromatic ring is 1. The van der Waals surface area contributed by atoms with Crippen molar-refractivity contribution in [2.45, 2.75) is 46.1 Å². The fourth-order valence-electron chi connectivity index (χ4n) is 2.24. The lowest BCUT2D eigenvalue weighted by atomic mass is 10.2. The molecule has 0 radical (unpaired) electrons. The molecule has 2 aromatic heterocycles. The second kappa shape index (κ2) is 4.39. The normalized spacial score (nSPS) is 13.4. The maximum atomic E-state index is 6.02. The van der Waals surface area contributed by atoms with Crippen molar-refractivity contribution in [3.63, 3.8) is 0 Å². The molecule has 94 valence electrons. The lowest BCUT2D eigenvalue weighted by Gasteiger charge is -2.13. The summed E-state index contributed by atoms with van der Waals surface area (Å²) in [6, 6.07) is 0.352. The lowest BCUT2D eigenvalue weighted by molar-refractivity contribution is 0.538. The molecule has 0 bridgehead atoms. The number of anilines is 1. The van der Waals surface area contributed by atoms with E-state index in [1.54, 1.807) is 0 Å². The molecule has 2 aromatic rings. The van der Waals surface area contributed by atoms with Gasteiger partial charge in [0.1, 0.15) is 5.52 Å². The van der Waals surface area contributed by atoms with Gasteiger partial charge in [0.05, 0.1) is 5.69 Å². The van der Waals surface area contributed by atoms with Crippen molar-refractivity contribution in [1.29, 1.82) is 0 Å². The smallest absolute Gasteiger partial charge is 0.202 e. The van der Waals surface area contributed by atoms with Crippen LogP contribution in [0.4, 0.5) is 5.95 Å². The van der Waals surface area contributed by atoms with E-state index in [1.165, 1.54) is 0 Å². The highest BCUT2D eigenvalue weighted by Gasteiger charge is 2.19. The highest BCUT2D eigenvalue weighted by Crippen LogP contribution is 2.26. The Morgan fingerprint density at radius 2 is 2.06 bits per heavy atom. The summed E-state index contributed by atoms with van der Waals surface area (Å²) in [6.07, 6.45) is 3.06. The molecule has 0 saturated heterocycles. The molecule has 5 nitrogen and oxygen atoms in total. The van der Waals surface area contributed by atoms with Crippen molar-refractivity contribution >= 4 is 17.1 Å². The van der Waals surface area contributed by atoms with Gasteiger partial charge in [-0.2, -0.15) is 5.10 Å². The summed E-state index contributed by atoms with van der Waals surface area (Å²) in [6.45, 7) is 6.46. The Balaban J connectivity index is 2.65. The van der Waals surface area contributed by atoms with Crippen molar-refractivity contribution in [2.24, 2.45) is 7.05 Å². The first kappa shape index (κ1) is 12.0. The van der Waals surface area contributed by atoms with Gasteiger partial charge in [0.25, 0.3) is 0 Å². The van der Waals surface area contributed by atoms with Gasteiger partial charge in [-0.1, -0.05) is 20.3 Å². The van der Waals surface area contributed by atoms with Crippen molar-refractivity contribution < 1.29 is 0 Å². The molecule has 0 spiro atoms. The summed E-state index contributed by atoms with van der Waals surface area (Å²) < 4.78 is 3.98. The molecule has 0 fully saturated rings. The van der Waals surface area contributed by atoms with E-state index in [0.717, 1.165) is 36.1 Å². The number of nitrogens with two attached hydrogens (primary N) is 1. The number of aromatic nitrogens is 4. The third-order valence-corrected chi connectivity index (χ3v) is 3.28. The highest BCUT2D eigenvalue weighted by atomic mass is 15.4. The first-order valence-electron chi connectivity index (χ1n) is 6.29. The molecule has 5 heteroatoms. The predicted octanol–water partition coefficient (Wildman–Crippen LogP) is 2.28. The highest BCUT2D eigenvalue weighted by molar-refractivity contribution is 5.78. The van der Waals surface area contributed by atoms with Gasteiger partial charge >= 0.3 is 0 Å². The maximum Gasteiger partial charge on any atom is 0.202 e. The Morgan fingerprint density at radius 3 is 2.65 bits per heavy atom. The minimum atomic E-state index is 0.352. The molecule has 17 heavy (non-hydrogen) atoms. The maximum absolute atomic E-state index is 6.02. The molecule has 0 aromatic carbocycles. The van der Waals surface area contributed by atoms with Crippen LogP contribution < -0.4 is 5.73 Å². The summed E-state index contributed by atoms with van der Waals surface area (Å²) in [5.41, 5.74) is 9.08. The van der Waals surface area contributed by atoms with Crippen LogP contribution in [0, 0.1) is 0 Å². The average molecular weight is 235 g/mol. The van der Waals surface area contributed by atoms with Gasteiger partial charge in [-0.25, -0.2) is 4.98 Å². The average Bonchev–Trinajstić information content (AvgIpc) is 2.77. The van der Waals surface area contributed by atoms with Gasteiger partial charge in [0, 0.05) is 13.1 Å². The molecule has 2 rings (SSSR count). The summed E-state index contributed by atoms with van der Waals surface area (Å²) in [5.74, 6) is 0.597. The number of rotatable bonds is 4. The second-order valence-electron chi connectivity index (χ2n) is 4.59. The van der Waals surface area contributed by atoms with E-state index < -0.39 is 0 Å². The number of nitrogens with zero attached hydrogens (tertiary/aromatic N) is 4. The van der Waals surface area contributed by atoms with Crippen molar-refractivity contribution in [3.8, 4) is 0 Å². The van der Waals surface area contributed by atoms with Crippen LogP contribution in [0.25, 0.3) is 11.2 Å². The fraction of sp³-hybridized carbons (Fsp3) is 0.667. The van der Waals surface area contributed by atoms with E-state index in [-0.39, 0.29) is 0 Å². The molecule has 0 aliphatic carbocycles. The van der Waals surface area contributed by atoms with Crippen molar-refractivity contribution in [1.82, 2.24) is 19.3 Å². The first-order chi connectivity index (χ1) is 8.10. The van der Waals surface area contributed by atoms with Crippen LogP contribution in [0.15, 0.2) is 0 Å². The van der Waals surface area contributed by atoms with Gasteiger partial charge in [0.2, 0.25) is 5.95 Å². The molecule has 0 saturated carbocycles. The Morgan fingerprint density at radius 1 is 1.35 bits per heavy atom. The minimum absolute atomic E-state index is 0.352. The molecule has 1 atom stereocenters.